The highest BCUT2D eigenvalue weighted by Crippen LogP contribution is 2.66. The zero-order chi connectivity index (χ0) is 28.9. The number of aromatic nitrogens is 2. The topological polar surface area (TPSA) is 331 Å². The lowest BCUT2D eigenvalue weighted by Crippen LogP contribution is -2.52. The monoisotopic (exact) mass is 610 g/mol. The second-order valence-electron chi connectivity index (χ2n) is 7.91. The fraction of sp³-hybridized carbons (Fsp3) is 0.667. The van der Waals surface area contributed by atoms with Crippen molar-refractivity contribution in [1.29, 1.82) is 0 Å². The van der Waals surface area contributed by atoms with Gasteiger partial charge in [-0.3, -0.25) is 13.9 Å². The summed E-state index contributed by atoms with van der Waals surface area (Å²) in [5.41, 5.74) is 15.8. The van der Waals surface area contributed by atoms with Gasteiger partial charge in [0.1, 0.15) is 24.1 Å². The summed E-state index contributed by atoms with van der Waals surface area (Å²) in [7, 11) is -16.9. The van der Waals surface area contributed by atoms with Crippen molar-refractivity contribution in [3.8, 4) is 0 Å². The largest absolute Gasteiger partial charge is 0.490 e. The number of ether oxygens (including phenoxy) is 1. The summed E-state index contributed by atoms with van der Waals surface area (Å²) in [6, 6.07) is -1.20. The minimum atomic E-state index is -5.79. The summed E-state index contributed by atoms with van der Waals surface area (Å²) in [6.07, 6.45) is -2.23. The van der Waals surface area contributed by atoms with Gasteiger partial charge in [0.25, 0.3) is 0 Å². The number of anilines is 1. The van der Waals surface area contributed by atoms with Gasteiger partial charge in [0, 0.05) is 6.20 Å². The SMILES string of the molecule is NCCCC[C@H](N)C(=O)NC1C(O)[C@@H](COP(=O)(O)OP(=O)(O)OP(=O)(O)O)O[C@H]1n1ccc(N)nc1=O. The number of phosphoric ester groups is 1. The van der Waals surface area contributed by atoms with Gasteiger partial charge >= 0.3 is 29.2 Å². The summed E-state index contributed by atoms with van der Waals surface area (Å²) in [5.74, 6) is -0.874. The lowest BCUT2D eigenvalue weighted by atomic mass is 10.1. The van der Waals surface area contributed by atoms with Gasteiger partial charge in [0.15, 0.2) is 6.23 Å². The van der Waals surface area contributed by atoms with Gasteiger partial charge in [0.05, 0.1) is 12.6 Å². The Morgan fingerprint density at radius 3 is 2.42 bits per heavy atom. The predicted octanol–water partition coefficient (Wildman–Crippen LogP) is -2.63. The molecule has 1 amide bonds. The van der Waals surface area contributed by atoms with Crippen molar-refractivity contribution in [2.45, 2.75) is 49.8 Å². The molecule has 23 heteroatoms. The molecule has 0 radical (unpaired) electrons. The van der Waals surface area contributed by atoms with Crippen molar-refractivity contribution in [1.82, 2.24) is 14.9 Å². The maximum absolute atomic E-state index is 12.6. The molecule has 1 saturated heterocycles. The molecule has 2 heterocycles. The van der Waals surface area contributed by atoms with Crippen molar-refractivity contribution in [2.24, 2.45) is 11.5 Å². The molecule has 38 heavy (non-hydrogen) atoms. The molecule has 12 N–H and O–H groups in total. The summed E-state index contributed by atoms with van der Waals surface area (Å²) in [5, 5.41) is 13.2. The van der Waals surface area contributed by atoms with Crippen LogP contribution in [0.4, 0.5) is 5.82 Å². The molecule has 2 rings (SSSR count). The number of hydrogen-bond donors (Lipinski definition) is 9. The average molecular weight is 610 g/mol. The molecule has 1 aromatic heterocycles. The standard InChI is InChI=1S/C15H29N6O14P3/c16-5-2-1-3-8(17)13(23)20-11-12(22)9(33-14(11)21-6-4-10(18)19-15(21)24)7-32-37(28,29)35-38(30,31)34-36(25,26)27/h4,6,8-9,11-12,14,22H,1-3,5,7,16-17H2,(H,20,23)(H,28,29)(H,30,31)(H2,18,19,24)(H2,25,26,27)/t8-,9+,11?,12?,14+/m0/s1. The number of nitrogen functional groups attached to an aromatic ring is 1. The molecule has 0 bridgehead atoms. The van der Waals surface area contributed by atoms with Gasteiger partial charge in [-0.15, -0.1) is 0 Å². The molecule has 0 spiro atoms. The highest BCUT2D eigenvalue weighted by molar-refractivity contribution is 7.66. The molecular weight excluding hydrogens is 581 g/mol. The highest BCUT2D eigenvalue weighted by Gasteiger charge is 2.48. The van der Waals surface area contributed by atoms with E-state index in [9.17, 15) is 38.2 Å². The van der Waals surface area contributed by atoms with Crippen LogP contribution in [0.1, 0.15) is 25.5 Å². The van der Waals surface area contributed by atoms with Crippen molar-refractivity contribution >= 4 is 35.2 Å². The van der Waals surface area contributed by atoms with Crippen LogP contribution in [0.5, 0.6) is 0 Å². The lowest BCUT2D eigenvalue weighted by molar-refractivity contribution is -0.124. The molecule has 7 atom stereocenters. The number of carbonyl (C=O) groups excluding carboxylic acids is 1. The summed E-state index contributed by atoms with van der Waals surface area (Å²) in [6.45, 7) is -0.663. The van der Waals surface area contributed by atoms with Crippen molar-refractivity contribution in [3.63, 3.8) is 0 Å². The van der Waals surface area contributed by atoms with Gasteiger partial charge in [-0.2, -0.15) is 13.6 Å². The third kappa shape index (κ3) is 9.86. The number of amides is 1. The lowest BCUT2D eigenvalue weighted by Gasteiger charge is -2.24. The summed E-state index contributed by atoms with van der Waals surface area (Å²) < 4.78 is 52.4. The minimum Gasteiger partial charge on any atom is -0.388 e. The number of aliphatic hydroxyl groups excluding tert-OH is 1. The average Bonchev–Trinajstić information content (AvgIpc) is 3.05. The Morgan fingerprint density at radius 2 is 1.84 bits per heavy atom. The van der Waals surface area contributed by atoms with E-state index < -0.39 is 72.2 Å². The van der Waals surface area contributed by atoms with E-state index in [-0.39, 0.29) is 12.2 Å². The van der Waals surface area contributed by atoms with Crippen LogP contribution >= 0.6 is 23.5 Å². The van der Waals surface area contributed by atoms with E-state index in [0.717, 1.165) is 10.8 Å². The first-order chi connectivity index (χ1) is 17.4. The molecular formula is C15H29N6O14P3. The van der Waals surface area contributed by atoms with E-state index in [2.05, 4.69) is 23.4 Å². The summed E-state index contributed by atoms with van der Waals surface area (Å²) in [4.78, 5) is 64.6. The van der Waals surface area contributed by atoms with Crippen LogP contribution < -0.4 is 28.2 Å². The molecule has 4 unspecified atom stereocenters. The maximum Gasteiger partial charge on any atom is 0.490 e. The van der Waals surface area contributed by atoms with Crippen LogP contribution in [0.2, 0.25) is 0 Å². The van der Waals surface area contributed by atoms with Gasteiger partial charge in [-0.05, 0) is 25.5 Å². The van der Waals surface area contributed by atoms with Gasteiger partial charge < -0.3 is 51.9 Å². The molecule has 1 fully saturated rings. The number of hydrogen-bond acceptors (Lipinski definition) is 14. The minimum absolute atomic E-state index is 0.142. The molecule has 0 aromatic carbocycles. The number of nitrogens with one attached hydrogen (secondary N) is 1. The van der Waals surface area contributed by atoms with E-state index in [4.69, 9.17) is 31.7 Å². The van der Waals surface area contributed by atoms with Crippen molar-refractivity contribution in [2.75, 3.05) is 18.9 Å². The Balaban J connectivity index is 2.20. The Morgan fingerprint density at radius 1 is 1.18 bits per heavy atom. The second-order valence-corrected chi connectivity index (χ2v) is 12.3. The normalized spacial score (nSPS) is 25.9. The zero-order valence-corrected chi connectivity index (χ0v) is 22.1. The number of aliphatic hydroxyl groups is 1. The van der Waals surface area contributed by atoms with Crippen LogP contribution in [0, 0.1) is 0 Å². The molecule has 1 aromatic rings. The van der Waals surface area contributed by atoms with Crippen molar-refractivity contribution in [3.05, 3.63) is 22.7 Å². The van der Waals surface area contributed by atoms with Crippen LogP contribution in [0.15, 0.2) is 17.1 Å². The number of carbonyl (C=O) groups is 1. The van der Waals surface area contributed by atoms with Gasteiger partial charge in [0.2, 0.25) is 5.91 Å². The number of unbranched alkanes of at least 4 members (excludes halogenated alkanes) is 1. The molecule has 1 aliphatic heterocycles. The molecule has 20 nitrogen and oxygen atoms in total. The Kier molecular flexibility index (Phi) is 11.3. The van der Waals surface area contributed by atoms with Crippen LogP contribution in [0.25, 0.3) is 0 Å². The Bertz CT molecular complexity index is 1180. The molecule has 218 valence electrons. The predicted molar refractivity (Wildman–Crippen MR) is 125 cm³/mol. The van der Waals surface area contributed by atoms with Crippen molar-refractivity contribution < 1.29 is 61.1 Å². The first-order valence-corrected chi connectivity index (χ1v) is 15.2. The van der Waals surface area contributed by atoms with Gasteiger partial charge in [-0.1, -0.05) is 6.42 Å². The number of nitrogens with zero attached hydrogens (tertiary/aromatic N) is 2. The van der Waals surface area contributed by atoms with E-state index in [1.54, 1.807) is 0 Å². The molecule has 1 aliphatic rings. The van der Waals surface area contributed by atoms with E-state index >= 15 is 0 Å². The highest BCUT2D eigenvalue weighted by atomic mass is 31.3. The third-order valence-corrected chi connectivity index (χ3v) is 8.73. The van der Waals surface area contributed by atoms with Gasteiger partial charge in [-0.25, -0.2) is 18.5 Å². The Labute approximate surface area is 214 Å². The third-order valence-electron chi connectivity index (χ3n) is 4.93. The zero-order valence-electron chi connectivity index (χ0n) is 19.5. The van der Waals surface area contributed by atoms with Crippen LogP contribution in [-0.4, -0.2) is 77.6 Å². The van der Waals surface area contributed by atoms with Crippen LogP contribution in [-0.2, 0) is 36.4 Å². The number of phosphoric acid groups is 3. The summed E-state index contributed by atoms with van der Waals surface area (Å²) >= 11 is 0. The quantitative estimate of drug-likeness (QED) is 0.0768. The smallest absolute Gasteiger partial charge is 0.388 e. The Hall–Kier alpha value is -1.60. The fourth-order valence-electron chi connectivity index (χ4n) is 3.28. The number of rotatable bonds is 14. The fourth-order valence-corrected chi connectivity index (χ4v) is 6.31. The van der Waals surface area contributed by atoms with E-state index in [1.807, 2.05) is 0 Å². The molecule has 0 aliphatic carbocycles. The first-order valence-electron chi connectivity index (χ1n) is 10.7. The van der Waals surface area contributed by atoms with Crippen LogP contribution in [0.3, 0.4) is 0 Å². The maximum atomic E-state index is 12.6. The van der Waals surface area contributed by atoms with E-state index in [1.165, 1.54) is 6.07 Å². The first kappa shape index (κ1) is 32.6. The molecule has 0 saturated carbocycles. The number of nitrogens with two attached hydrogens (primary N) is 3. The van der Waals surface area contributed by atoms with E-state index in [0.29, 0.717) is 19.4 Å². The second kappa shape index (κ2) is 13.2.